The van der Waals surface area contributed by atoms with Gasteiger partial charge in [0.15, 0.2) is 5.78 Å². The van der Waals surface area contributed by atoms with E-state index in [1.807, 2.05) is 24.3 Å². The van der Waals surface area contributed by atoms with Crippen molar-refractivity contribution in [2.24, 2.45) is 16.7 Å². The van der Waals surface area contributed by atoms with Crippen molar-refractivity contribution in [1.29, 1.82) is 0 Å². The maximum absolute atomic E-state index is 12.9. The first-order chi connectivity index (χ1) is 11.3. The van der Waals surface area contributed by atoms with Crippen LogP contribution >= 0.6 is 0 Å². The molecule has 1 N–H and O–H groups in total. The number of benzene rings is 1. The van der Waals surface area contributed by atoms with Gasteiger partial charge in [0.2, 0.25) is 5.91 Å². The van der Waals surface area contributed by atoms with Crippen LogP contribution in [-0.2, 0) is 16.1 Å². The average Bonchev–Trinajstić information content (AvgIpc) is 2.88. The Morgan fingerprint density at radius 3 is 2.50 bits per heavy atom. The van der Waals surface area contributed by atoms with Crippen LogP contribution in [0.1, 0.15) is 44.7 Å². The second kappa shape index (κ2) is 5.73. The van der Waals surface area contributed by atoms with Gasteiger partial charge in [-0.3, -0.25) is 9.59 Å². The highest BCUT2D eigenvalue weighted by atomic mass is 16.1. The van der Waals surface area contributed by atoms with Crippen molar-refractivity contribution in [2.45, 2.75) is 40.2 Å². The third kappa shape index (κ3) is 2.43. The number of Topliss-reactive ketones (excluding diaryl/α,β-unsaturated/α-hetero) is 1. The molecule has 2 aliphatic rings. The Balaban J connectivity index is 1.79. The minimum absolute atomic E-state index is 0.0465. The van der Waals surface area contributed by atoms with E-state index < -0.39 is 0 Å². The smallest absolute Gasteiger partial charge is 0.243 e. The van der Waals surface area contributed by atoms with E-state index in [2.05, 4.69) is 38.7 Å². The van der Waals surface area contributed by atoms with Gasteiger partial charge in [0.25, 0.3) is 0 Å². The van der Waals surface area contributed by atoms with E-state index in [4.69, 9.17) is 0 Å². The summed E-state index contributed by atoms with van der Waals surface area (Å²) in [7, 11) is 0. The van der Waals surface area contributed by atoms with Crippen LogP contribution in [0.5, 0.6) is 0 Å². The number of hydrogen-bond acceptors (Lipinski definition) is 2. The normalized spacial score (nSPS) is 29.0. The molecule has 1 aromatic rings. The lowest BCUT2D eigenvalue weighted by Crippen LogP contribution is -2.32. The summed E-state index contributed by atoms with van der Waals surface area (Å²) in [6.07, 6.45) is 5.43. The molecule has 0 aliphatic heterocycles. The van der Waals surface area contributed by atoms with E-state index in [9.17, 15) is 9.59 Å². The third-order valence-electron chi connectivity index (χ3n) is 6.32. The Kier molecular flexibility index (Phi) is 3.98. The number of hydrogen-bond donors (Lipinski definition) is 1. The molecule has 24 heavy (non-hydrogen) atoms. The van der Waals surface area contributed by atoms with Crippen molar-refractivity contribution in [3.05, 3.63) is 53.6 Å². The van der Waals surface area contributed by atoms with Crippen LogP contribution in [0, 0.1) is 16.7 Å². The fraction of sp³-hybridized carbons (Fsp3) is 0.429. The van der Waals surface area contributed by atoms with Gasteiger partial charge in [0.1, 0.15) is 0 Å². The monoisotopic (exact) mass is 323 g/mol. The molecule has 0 saturated heterocycles. The topological polar surface area (TPSA) is 46.2 Å². The molecular formula is C21H25NO2. The molecule has 0 aromatic heterocycles. The van der Waals surface area contributed by atoms with E-state index in [1.54, 1.807) is 0 Å². The SMILES string of the molecule is C=CC(=O)NCc1ccc(/C=C2/C(=O)C3(C)CCC2C3(C)C)cc1. The summed E-state index contributed by atoms with van der Waals surface area (Å²) in [6, 6.07) is 7.99. The number of rotatable bonds is 4. The van der Waals surface area contributed by atoms with Gasteiger partial charge in [0.05, 0.1) is 0 Å². The molecule has 2 saturated carbocycles. The Morgan fingerprint density at radius 2 is 1.96 bits per heavy atom. The van der Waals surface area contributed by atoms with Crippen LogP contribution in [-0.4, -0.2) is 11.7 Å². The van der Waals surface area contributed by atoms with Gasteiger partial charge in [-0.25, -0.2) is 0 Å². The summed E-state index contributed by atoms with van der Waals surface area (Å²) in [6.45, 7) is 10.5. The molecule has 3 rings (SSSR count). The number of ketones is 1. The maximum Gasteiger partial charge on any atom is 0.243 e. The number of allylic oxidation sites excluding steroid dienone is 1. The first-order valence-electron chi connectivity index (χ1n) is 8.55. The molecule has 126 valence electrons. The molecule has 0 spiro atoms. The highest BCUT2D eigenvalue weighted by Crippen LogP contribution is 2.65. The van der Waals surface area contributed by atoms with E-state index in [-0.39, 0.29) is 16.7 Å². The lowest BCUT2D eigenvalue weighted by atomic mass is 9.70. The molecule has 2 atom stereocenters. The molecule has 0 radical (unpaired) electrons. The van der Waals surface area contributed by atoms with Crippen molar-refractivity contribution >= 4 is 17.8 Å². The number of amides is 1. The van der Waals surface area contributed by atoms with E-state index in [0.717, 1.165) is 29.5 Å². The van der Waals surface area contributed by atoms with Crippen molar-refractivity contribution in [1.82, 2.24) is 5.32 Å². The average molecular weight is 323 g/mol. The highest BCUT2D eigenvalue weighted by molar-refractivity contribution is 6.07. The second-order valence-corrected chi connectivity index (χ2v) is 7.74. The molecule has 2 bridgehead atoms. The summed E-state index contributed by atoms with van der Waals surface area (Å²) in [5, 5.41) is 2.76. The molecule has 1 amide bonds. The van der Waals surface area contributed by atoms with Gasteiger partial charge in [-0.2, -0.15) is 0 Å². The van der Waals surface area contributed by atoms with Crippen LogP contribution in [0.25, 0.3) is 6.08 Å². The molecular weight excluding hydrogens is 298 g/mol. The Morgan fingerprint density at radius 1 is 1.29 bits per heavy atom. The molecule has 2 fully saturated rings. The minimum Gasteiger partial charge on any atom is -0.348 e. The zero-order valence-electron chi connectivity index (χ0n) is 14.7. The number of fused-ring (bicyclic) bond motifs is 2. The molecule has 2 aliphatic carbocycles. The molecule has 3 nitrogen and oxygen atoms in total. The number of carbonyl (C=O) groups is 2. The molecule has 3 heteroatoms. The standard InChI is InChI=1S/C21H25NO2/c1-5-18(23)22-13-15-8-6-14(7-9-15)12-16-17-10-11-21(4,19(16)24)20(17,2)3/h5-9,12,17H,1,10-11,13H2,2-4H3,(H,22,23)/b16-12+. The van der Waals surface area contributed by atoms with E-state index in [1.165, 1.54) is 6.08 Å². The number of nitrogens with one attached hydrogen (secondary N) is 1. The van der Waals surface area contributed by atoms with E-state index >= 15 is 0 Å². The van der Waals surface area contributed by atoms with Gasteiger partial charge >= 0.3 is 0 Å². The minimum atomic E-state index is -0.210. The van der Waals surface area contributed by atoms with Gasteiger partial charge in [-0.05, 0) is 53.0 Å². The van der Waals surface area contributed by atoms with Crippen LogP contribution < -0.4 is 5.32 Å². The summed E-state index contributed by atoms with van der Waals surface area (Å²) >= 11 is 0. The van der Waals surface area contributed by atoms with Crippen LogP contribution in [0.3, 0.4) is 0 Å². The summed E-state index contributed by atoms with van der Waals surface area (Å²) in [5.74, 6) is 0.511. The van der Waals surface area contributed by atoms with Crippen LogP contribution in [0.2, 0.25) is 0 Å². The largest absolute Gasteiger partial charge is 0.348 e. The Labute approximate surface area is 143 Å². The van der Waals surface area contributed by atoms with Gasteiger partial charge < -0.3 is 5.32 Å². The van der Waals surface area contributed by atoms with Crippen LogP contribution in [0.4, 0.5) is 0 Å². The predicted octanol–water partition coefficient (Wildman–Crippen LogP) is 3.90. The third-order valence-corrected chi connectivity index (χ3v) is 6.32. The quantitative estimate of drug-likeness (QED) is 0.854. The first-order valence-corrected chi connectivity index (χ1v) is 8.55. The lowest BCUT2D eigenvalue weighted by molar-refractivity contribution is -0.125. The fourth-order valence-electron chi connectivity index (χ4n) is 4.27. The predicted molar refractivity (Wildman–Crippen MR) is 96.1 cm³/mol. The summed E-state index contributed by atoms with van der Waals surface area (Å²) in [5.41, 5.74) is 2.90. The lowest BCUT2D eigenvalue weighted by Gasteiger charge is -2.31. The first kappa shape index (κ1) is 16.7. The molecule has 1 aromatic carbocycles. The molecule has 0 heterocycles. The van der Waals surface area contributed by atoms with Crippen molar-refractivity contribution in [3.8, 4) is 0 Å². The van der Waals surface area contributed by atoms with Crippen molar-refractivity contribution in [2.75, 3.05) is 0 Å². The zero-order chi connectivity index (χ0) is 17.5. The molecule has 2 unspecified atom stereocenters. The number of carbonyl (C=O) groups excluding carboxylic acids is 2. The summed E-state index contributed by atoms with van der Waals surface area (Å²) in [4.78, 5) is 24.1. The Bertz CT molecular complexity index is 727. The maximum atomic E-state index is 12.9. The highest BCUT2D eigenvalue weighted by Gasteiger charge is 2.63. The van der Waals surface area contributed by atoms with Gasteiger partial charge in [-0.15, -0.1) is 0 Å². The van der Waals surface area contributed by atoms with Gasteiger partial charge in [-0.1, -0.05) is 51.6 Å². The second-order valence-electron chi connectivity index (χ2n) is 7.74. The van der Waals surface area contributed by atoms with E-state index in [0.29, 0.717) is 18.2 Å². The zero-order valence-corrected chi connectivity index (χ0v) is 14.7. The fourth-order valence-corrected chi connectivity index (χ4v) is 4.27. The summed E-state index contributed by atoms with van der Waals surface area (Å²) < 4.78 is 0. The van der Waals surface area contributed by atoms with Crippen molar-refractivity contribution in [3.63, 3.8) is 0 Å². The van der Waals surface area contributed by atoms with Gasteiger partial charge in [0, 0.05) is 12.0 Å². The Hall–Kier alpha value is -2.16. The van der Waals surface area contributed by atoms with Crippen molar-refractivity contribution < 1.29 is 9.59 Å². The van der Waals surface area contributed by atoms with Crippen LogP contribution in [0.15, 0.2) is 42.5 Å².